The van der Waals surface area contributed by atoms with Gasteiger partial charge in [0.1, 0.15) is 24.7 Å². The number of aromatic amines is 1. The monoisotopic (exact) mass is 1240 g/mol. The predicted octanol–water partition coefficient (Wildman–Crippen LogP) is 4.07. The van der Waals surface area contributed by atoms with Crippen molar-refractivity contribution in [2.24, 2.45) is 23.7 Å². The van der Waals surface area contributed by atoms with Crippen LogP contribution < -0.4 is 29.5 Å². The van der Waals surface area contributed by atoms with Crippen LogP contribution in [0.15, 0.2) is 79.0 Å². The number of alkyl halides is 3. The summed E-state index contributed by atoms with van der Waals surface area (Å²) in [4.78, 5) is 99.7. The number of likely N-dealkylation sites (N-methyl/N-ethyl adjacent to an activating group) is 1. The summed E-state index contributed by atoms with van der Waals surface area (Å²) < 4.78 is 64.2. The number of para-hydroxylation sites is 1. The van der Waals surface area contributed by atoms with Crippen LogP contribution in [-0.4, -0.2) is 170 Å². The number of unbranched alkanes of at least 4 members (excludes halogenated alkanes) is 2. The van der Waals surface area contributed by atoms with Gasteiger partial charge in [-0.25, -0.2) is 4.79 Å². The summed E-state index contributed by atoms with van der Waals surface area (Å²) in [7, 11) is 1.81. The van der Waals surface area contributed by atoms with Gasteiger partial charge in [-0.2, -0.15) is 13.2 Å². The zero-order valence-corrected chi connectivity index (χ0v) is 50.2. The minimum atomic E-state index is -4.86. The van der Waals surface area contributed by atoms with E-state index in [1.165, 1.54) is 27.5 Å². The van der Waals surface area contributed by atoms with Crippen molar-refractivity contribution in [1.82, 2.24) is 50.1 Å². The van der Waals surface area contributed by atoms with Crippen LogP contribution in [0.3, 0.4) is 0 Å². The van der Waals surface area contributed by atoms with Gasteiger partial charge in [-0.3, -0.25) is 48.6 Å². The Hall–Kier alpha value is -8.53. The summed E-state index contributed by atoms with van der Waals surface area (Å²) in [5, 5.41) is 29.4. The molecular weight excluding hydrogens is 1160 g/mol. The molecule has 6 atom stereocenters. The number of allylic oxidation sites excluding steroid dienone is 2. The van der Waals surface area contributed by atoms with Crippen LogP contribution in [0.25, 0.3) is 5.65 Å². The fourth-order valence-electron chi connectivity index (χ4n) is 12.7. The Morgan fingerprint density at radius 3 is 2.35 bits per heavy atom. The van der Waals surface area contributed by atoms with Crippen molar-refractivity contribution in [3.05, 3.63) is 102 Å². The van der Waals surface area contributed by atoms with E-state index in [0.29, 0.717) is 75.7 Å². The van der Waals surface area contributed by atoms with E-state index in [0.717, 1.165) is 46.3 Å². The molecule has 6 heterocycles. The number of nitrogens with zero attached hydrogens (tertiary/aromatic N) is 11. The van der Waals surface area contributed by atoms with Crippen molar-refractivity contribution in [3.8, 4) is 5.75 Å². The molecule has 25 nitrogen and oxygen atoms in total. The highest BCUT2D eigenvalue weighted by Crippen LogP contribution is 2.52. The number of carbonyl (C=O) groups is 7. The number of carbonyl (C=O) groups excluding carboxylic acids is 7. The molecule has 1 saturated carbocycles. The molecule has 3 aromatic heterocycles. The molecule has 476 valence electrons. The molecular formula is C61H77F3N14O11+2. The molecule has 5 aromatic rings. The molecule has 6 amide bonds. The lowest BCUT2D eigenvalue weighted by molar-refractivity contribution is -0.799. The van der Waals surface area contributed by atoms with E-state index in [2.05, 4.69) is 48.2 Å². The number of anilines is 2. The number of hydrogen-bond donors (Lipinski definition) is 4. The summed E-state index contributed by atoms with van der Waals surface area (Å²) in [5.74, 6) is -1.41. The normalized spacial score (nSPS) is 20.6. The molecule has 28 heteroatoms. The lowest BCUT2D eigenvalue weighted by Crippen LogP contribution is -2.55. The third-order valence-corrected chi connectivity index (χ3v) is 17.6. The second kappa shape index (κ2) is 28.3. The third-order valence-electron chi connectivity index (χ3n) is 17.6. The number of imide groups is 1. The van der Waals surface area contributed by atoms with Gasteiger partial charge >= 0.3 is 35.9 Å². The maximum Gasteiger partial charge on any atom is 0.504 e. The number of piperidine rings is 1. The van der Waals surface area contributed by atoms with Crippen molar-refractivity contribution >= 4 is 58.8 Å². The van der Waals surface area contributed by atoms with Crippen LogP contribution in [-0.2, 0) is 64.1 Å². The number of amides is 6. The number of aliphatic hydroxyl groups excluding tert-OH is 1. The Bertz CT molecular complexity index is 3380. The van der Waals surface area contributed by atoms with E-state index < -0.39 is 30.3 Å². The number of benzene rings is 2. The minimum absolute atomic E-state index is 0.0184. The van der Waals surface area contributed by atoms with E-state index in [-0.39, 0.29) is 135 Å². The molecule has 89 heavy (non-hydrogen) atoms. The van der Waals surface area contributed by atoms with Gasteiger partial charge in [0.2, 0.25) is 29.5 Å². The van der Waals surface area contributed by atoms with Crippen molar-refractivity contribution in [2.75, 3.05) is 82.8 Å². The molecule has 1 unspecified atom stereocenters. The average Bonchev–Trinajstić information content (AvgIpc) is 1.60. The standard InChI is InChI=1S/C61H75F3N14O11/c1-39-56(83)71(3)30-31-72(39)32-34-87-47-16-14-41(15-17-47)42-20-26-73(27-21-42)49-18-19-51-77(69-59(61(62,63)64)78(51)68-49)40(2)89-60(86)66-48-10-7-6-9-45(48)38-88-53(82)23-29-75-37-46(67-70-75)36-74(28-22-50(80)65-24-33-79)52(81)11-5-4-8-25-76-57(84)54-43-12-13-44(35-43)55(54)58(76)85/h6-7,9-10,12-19,37,39-40,42-44,54-55,79H,4-5,8,11,20-36,38H2,1-3H3,(H-,65,66,80,86)/p+2/t39-,40?,43-,44+,54+,55-/m0/s1. The van der Waals surface area contributed by atoms with E-state index >= 15 is 0 Å². The fourth-order valence-corrected chi connectivity index (χ4v) is 12.7. The van der Waals surface area contributed by atoms with Crippen LogP contribution in [0.2, 0.25) is 0 Å². The van der Waals surface area contributed by atoms with Crippen LogP contribution >= 0.6 is 0 Å². The van der Waals surface area contributed by atoms with E-state index in [1.54, 1.807) is 41.4 Å². The highest BCUT2D eigenvalue weighted by molar-refractivity contribution is 6.06. The second-order valence-electron chi connectivity index (χ2n) is 23.4. The van der Waals surface area contributed by atoms with Gasteiger partial charge in [0.15, 0.2) is 5.82 Å². The lowest BCUT2D eigenvalue weighted by atomic mass is 9.85. The Morgan fingerprint density at radius 2 is 1.62 bits per heavy atom. The highest BCUT2D eigenvalue weighted by atomic mass is 19.4. The van der Waals surface area contributed by atoms with Crippen LogP contribution in [0.5, 0.6) is 5.75 Å². The lowest BCUT2D eigenvalue weighted by Gasteiger charge is -2.37. The molecule has 3 aliphatic heterocycles. The second-order valence-corrected chi connectivity index (χ2v) is 23.4. The maximum absolute atomic E-state index is 14.6. The molecule has 2 bridgehead atoms. The smallest absolute Gasteiger partial charge is 0.492 e. The summed E-state index contributed by atoms with van der Waals surface area (Å²) in [5.41, 5.74) is 2.13. The number of piperazine rings is 1. The number of rotatable bonds is 27. The largest absolute Gasteiger partial charge is 0.504 e. The number of hydrogen-bond acceptors (Lipinski definition) is 16. The molecule has 10 rings (SSSR count). The van der Waals surface area contributed by atoms with E-state index in [1.807, 2.05) is 43.1 Å². The molecule has 4 N–H and O–H groups in total. The van der Waals surface area contributed by atoms with Crippen molar-refractivity contribution < 1.29 is 75.2 Å². The van der Waals surface area contributed by atoms with Crippen molar-refractivity contribution in [2.45, 2.75) is 116 Å². The highest BCUT2D eigenvalue weighted by Gasteiger charge is 2.59. The molecule has 0 spiro atoms. The Morgan fingerprint density at radius 1 is 0.876 bits per heavy atom. The first-order valence-electron chi connectivity index (χ1n) is 30.5. The predicted molar refractivity (Wildman–Crippen MR) is 310 cm³/mol. The van der Waals surface area contributed by atoms with Crippen LogP contribution in [0.4, 0.5) is 29.5 Å². The molecule has 0 radical (unpaired) electrons. The number of likely N-dealkylation sites (tertiary alicyclic amines) is 1. The zero-order chi connectivity index (χ0) is 62.9. The number of H-pyrrole nitrogens is 1. The molecule has 4 fully saturated rings. The number of halogens is 3. The topological polar surface area (TPSA) is 275 Å². The summed E-state index contributed by atoms with van der Waals surface area (Å²) in [6.07, 6.45) is 2.50. The van der Waals surface area contributed by atoms with E-state index in [9.17, 15) is 46.7 Å². The van der Waals surface area contributed by atoms with Gasteiger partial charge in [0.25, 0.3) is 0 Å². The average molecular weight is 1240 g/mol. The first kappa shape index (κ1) is 63.5. The van der Waals surface area contributed by atoms with Gasteiger partial charge in [0, 0.05) is 100 Å². The maximum atomic E-state index is 14.6. The van der Waals surface area contributed by atoms with Crippen molar-refractivity contribution in [3.63, 3.8) is 0 Å². The number of aromatic nitrogens is 7. The van der Waals surface area contributed by atoms with Crippen LogP contribution in [0, 0.1) is 23.7 Å². The third kappa shape index (κ3) is 15.1. The SMILES string of the molecule is CC(OC(=O)Nc1ccccc1COC(=O)CCn1cc(CN(CCC(=O)NCCO)C(=O)CCCCCN2C(=O)[C@@H]3[C@H](C2=O)[C@H]2C=C[C@@H]3C2)nn1)[n+]1[nH]c(C(F)(F)F)[n+]2nc(N3CCC(c4ccc(OCCN5CCN(C)C(=O)[C@@H]5C)cc4)CC3)ccc12. The van der Waals surface area contributed by atoms with Gasteiger partial charge in [-0.15, -0.1) is 5.10 Å². The zero-order valence-electron chi connectivity index (χ0n) is 50.2. The fraction of sp³-hybridized carbons (Fsp3) is 0.541. The number of fused-ring (bicyclic) bond motifs is 6. The molecule has 2 aromatic carbocycles. The summed E-state index contributed by atoms with van der Waals surface area (Å²) in [6, 6.07) is 17.3. The summed E-state index contributed by atoms with van der Waals surface area (Å²) >= 11 is 0. The number of esters is 1. The number of ether oxygens (including phenoxy) is 3. The van der Waals surface area contributed by atoms with Crippen molar-refractivity contribution in [1.29, 1.82) is 0 Å². The van der Waals surface area contributed by atoms with Gasteiger partial charge < -0.3 is 39.3 Å². The van der Waals surface area contributed by atoms with E-state index in [4.69, 9.17) is 19.3 Å². The summed E-state index contributed by atoms with van der Waals surface area (Å²) in [6.45, 7) is 6.97. The van der Waals surface area contributed by atoms with Gasteiger partial charge in [0.05, 0.1) is 61.9 Å². The van der Waals surface area contributed by atoms with Gasteiger partial charge in [-0.1, -0.05) is 59.2 Å². The molecule has 5 aliphatic rings. The number of aliphatic hydroxyl groups is 1. The van der Waals surface area contributed by atoms with Gasteiger partial charge in [-0.05, 0) is 85.2 Å². The Balaban J connectivity index is 0.669. The first-order chi connectivity index (χ1) is 42.8. The Kier molecular flexibility index (Phi) is 20.2. The quantitative estimate of drug-likeness (QED) is 0.0190. The molecule has 2 aliphatic carbocycles. The first-order valence-corrected chi connectivity index (χ1v) is 30.5. The Labute approximate surface area is 512 Å². The number of nitrogens with one attached hydrogen (secondary N) is 3. The molecule has 3 saturated heterocycles. The minimum Gasteiger partial charge on any atom is -0.492 e. The number of aryl methyl sites for hydroxylation is 1. The van der Waals surface area contributed by atoms with Crippen LogP contribution in [0.1, 0.15) is 106 Å².